The van der Waals surface area contributed by atoms with Crippen LogP contribution >= 0.6 is 11.6 Å². The number of hydrogen-bond acceptors (Lipinski definition) is 3. The fraction of sp³-hybridized carbons (Fsp3) is 0.277. The van der Waals surface area contributed by atoms with Crippen LogP contribution in [0, 0.1) is 6.92 Å². The van der Waals surface area contributed by atoms with Crippen molar-refractivity contribution in [3.05, 3.63) is 172 Å². The molecule has 1 aliphatic heterocycles. The normalized spacial score (nSPS) is 17.8. The van der Waals surface area contributed by atoms with E-state index in [4.69, 9.17) is 11.6 Å². The SMILES string of the molecule is CC/C=C(/C=C/C1=C(Cl)C(=C/C=C2\N(C)c3ccc(Nc4ccccc4)cc3C2(C)C)/CCC1)C(C)(C)c1cc(Nc2ccccc2)ccc1C. The minimum absolute atomic E-state index is 0.152. The third-order valence-electron chi connectivity index (χ3n) is 10.6. The second-order valence-electron chi connectivity index (χ2n) is 14.9. The number of anilines is 5. The highest BCUT2D eigenvalue weighted by Crippen LogP contribution is 2.48. The van der Waals surface area contributed by atoms with Gasteiger partial charge >= 0.3 is 0 Å². The molecule has 0 saturated heterocycles. The third-order valence-corrected chi connectivity index (χ3v) is 11.1. The molecule has 0 amide bonds. The van der Waals surface area contributed by atoms with Gasteiger partial charge in [-0.2, -0.15) is 0 Å². The summed E-state index contributed by atoms with van der Waals surface area (Å²) in [5, 5.41) is 8.04. The summed E-state index contributed by atoms with van der Waals surface area (Å²) < 4.78 is 0. The molecule has 1 aliphatic carbocycles. The maximum absolute atomic E-state index is 7.22. The Balaban J connectivity index is 1.24. The van der Waals surface area contributed by atoms with E-state index < -0.39 is 0 Å². The number of hydrogen-bond donors (Lipinski definition) is 2. The predicted molar refractivity (Wildman–Crippen MR) is 222 cm³/mol. The molecule has 1 heterocycles. The lowest BCUT2D eigenvalue weighted by Crippen LogP contribution is -2.22. The van der Waals surface area contributed by atoms with Gasteiger partial charge in [0.2, 0.25) is 0 Å². The molecular weight excluding hydrogens is 642 g/mol. The Hall–Kier alpha value is -4.73. The molecule has 0 aromatic heterocycles. The fourth-order valence-electron chi connectivity index (χ4n) is 7.65. The van der Waals surface area contributed by atoms with Gasteiger partial charge in [-0.15, -0.1) is 0 Å². The molecule has 4 aromatic rings. The molecule has 0 spiro atoms. The van der Waals surface area contributed by atoms with Gasteiger partial charge in [-0.25, -0.2) is 0 Å². The van der Waals surface area contributed by atoms with E-state index in [1.54, 1.807) is 0 Å². The molecule has 0 saturated carbocycles. The Labute approximate surface area is 311 Å². The molecule has 2 N–H and O–H groups in total. The average molecular weight is 694 g/mol. The highest BCUT2D eigenvalue weighted by Gasteiger charge is 2.38. The lowest BCUT2D eigenvalue weighted by Gasteiger charge is -2.30. The molecule has 0 unspecified atom stereocenters. The van der Waals surface area contributed by atoms with Gasteiger partial charge in [-0.1, -0.05) is 113 Å². The van der Waals surface area contributed by atoms with Crippen molar-refractivity contribution in [2.45, 2.75) is 78.1 Å². The fourth-order valence-corrected chi connectivity index (χ4v) is 7.96. The summed E-state index contributed by atoms with van der Waals surface area (Å²) in [7, 11) is 2.17. The van der Waals surface area contributed by atoms with E-state index in [1.807, 2.05) is 12.1 Å². The van der Waals surface area contributed by atoms with Crippen LogP contribution in [0.25, 0.3) is 0 Å². The van der Waals surface area contributed by atoms with Crippen molar-refractivity contribution in [2.24, 2.45) is 0 Å². The van der Waals surface area contributed by atoms with Crippen LogP contribution < -0.4 is 15.5 Å². The van der Waals surface area contributed by atoms with Gasteiger partial charge in [-0.05, 0) is 127 Å². The number of fused-ring (bicyclic) bond motifs is 1. The van der Waals surface area contributed by atoms with Gasteiger partial charge in [-0.3, -0.25) is 0 Å². The van der Waals surface area contributed by atoms with Crippen molar-refractivity contribution in [2.75, 3.05) is 22.6 Å². The standard InChI is InChI=1S/C47H52ClN3/c1-8-16-36(46(3,4)41-31-39(27-23-33(41)2)49-37-19-11-9-12-20-37)26-24-34-17-15-18-35(45(34)48)25-30-44-47(5,6)42-32-40(28-29-43(42)51(44)7)50-38-21-13-10-14-22-38/h9-14,16,19-32,49-50H,8,15,17-18H2,1-7H3/b26-24+,35-25+,36-16-,44-30-. The summed E-state index contributed by atoms with van der Waals surface area (Å²) >= 11 is 7.22. The van der Waals surface area contributed by atoms with Crippen LogP contribution in [0.3, 0.4) is 0 Å². The number of rotatable bonds is 10. The van der Waals surface area contributed by atoms with Crippen LogP contribution in [-0.4, -0.2) is 7.05 Å². The molecule has 3 nitrogen and oxygen atoms in total. The number of halogens is 1. The first-order valence-electron chi connectivity index (χ1n) is 18.3. The predicted octanol–water partition coefficient (Wildman–Crippen LogP) is 13.6. The molecule has 262 valence electrons. The number of allylic oxidation sites excluding steroid dienone is 10. The van der Waals surface area contributed by atoms with Gasteiger partial charge in [0.05, 0.1) is 0 Å². The van der Waals surface area contributed by atoms with E-state index in [-0.39, 0.29) is 10.8 Å². The van der Waals surface area contributed by atoms with E-state index >= 15 is 0 Å². The van der Waals surface area contributed by atoms with Gasteiger partial charge in [0.1, 0.15) is 0 Å². The van der Waals surface area contributed by atoms with Crippen molar-refractivity contribution >= 4 is 40.0 Å². The average Bonchev–Trinajstić information content (AvgIpc) is 3.31. The van der Waals surface area contributed by atoms with Crippen molar-refractivity contribution in [3.8, 4) is 0 Å². The molecular formula is C47H52ClN3. The highest BCUT2D eigenvalue weighted by atomic mass is 35.5. The Bertz CT molecular complexity index is 2030. The van der Waals surface area contributed by atoms with E-state index in [1.165, 1.54) is 44.8 Å². The first kappa shape index (κ1) is 36.1. The molecule has 0 bridgehead atoms. The zero-order chi connectivity index (χ0) is 36.2. The van der Waals surface area contributed by atoms with E-state index in [2.05, 4.69) is 179 Å². The summed E-state index contributed by atoms with van der Waals surface area (Å²) in [4.78, 5) is 2.33. The summed E-state index contributed by atoms with van der Waals surface area (Å²) in [6.07, 6.45) is 15.5. The smallest absolute Gasteiger partial charge is 0.0469 e. The molecule has 2 aliphatic rings. The molecule has 6 rings (SSSR count). The molecule has 0 atom stereocenters. The first-order valence-corrected chi connectivity index (χ1v) is 18.7. The summed E-state index contributed by atoms with van der Waals surface area (Å²) in [6, 6.07) is 34.1. The quantitative estimate of drug-likeness (QED) is 0.162. The van der Waals surface area contributed by atoms with Crippen LogP contribution in [0.5, 0.6) is 0 Å². The number of para-hydroxylation sites is 2. The van der Waals surface area contributed by atoms with Gasteiger partial charge in [0.15, 0.2) is 0 Å². The largest absolute Gasteiger partial charge is 0.356 e. The number of aryl methyl sites for hydroxylation is 1. The van der Waals surface area contributed by atoms with Crippen LogP contribution in [-0.2, 0) is 10.8 Å². The summed E-state index contributed by atoms with van der Waals surface area (Å²) in [5.41, 5.74) is 14.2. The number of nitrogens with one attached hydrogen (secondary N) is 2. The number of likely N-dealkylation sites (N-methyl/N-ethyl adjacent to an activating group) is 1. The molecule has 4 heteroatoms. The van der Waals surface area contributed by atoms with E-state index in [0.29, 0.717) is 0 Å². The summed E-state index contributed by atoms with van der Waals surface area (Å²) in [6.45, 7) is 13.7. The van der Waals surface area contributed by atoms with Crippen molar-refractivity contribution in [3.63, 3.8) is 0 Å². The Kier molecular flexibility index (Phi) is 10.8. The highest BCUT2D eigenvalue weighted by molar-refractivity contribution is 6.32. The third kappa shape index (κ3) is 7.80. The molecule has 0 fully saturated rings. The van der Waals surface area contributed by atoms with Gasteiger partial charge in [0.25, 0.3) is 0 Å². The molecule has 0 radical (unpaired) electrons. The Morgan fingerprint density at radius 2 is 1.45 bits per heavy atom. The second kappa shape index (κ2) is 15.3. The lowest BCUT2D eigenvalue weighted by molar-refractivity contribution is 0.631. The van der Waals surface area contributed by atoms with Crippen LogP contribution in [0.2, 0.25) is 0 Å². The number of benzene rings is 4. The first-order chi connectivity index (χ1) is 24.5. The molecule has 4 aromatic carbocycles. The van der Waals surface area contributed by atoms with Crippen molar-refractivity contribution in [1.29, 1.82) is 0 Å². The van der Waals surface area contributed by atoms with Crippen LogP contribution in [0.1, 0.15) is 77.0 Å². The van der Waals surface area contributed by atoms with Crippen molar-refractivity contribution in [1.82, 2.24) is 0 Å². The van der Waals surface area contributed by atoms with E-state index in [0.717, 1.165) is 53.5 Å². The minimum Gasteiger partial charge on any atom is -0.356 e. The molecule has 51 heavy (non-hydrogen) atoms. The van der Waals surface area contributed by atoms with E-state index in [9.17, 15) is 0 Å². The maximum atomic E-state index is 7.22. The summed E-state index contributed by atoms with van der Waals surface area (Å²) in [5.74, 6) is 0. The zero-order valence-electron chi connectivity index (χ0n) is 31.3. The Morgan fingerprint density at radius 3 is 2.10 bits per heavy atom. The lowest BCUT2D eigenvalue weighted by atomic mass is 9.74. The number of nitrogens with zero attached hydrogens (tertiary/aromatic N) is 1. The zero-order valence-corrected chi connectivity index (χ0v) is 32.0. The van der Waals surface area contributed by atoms with Crippen LogP contribution in [0.15, 0.2) is 155 Å². The topological polar surface area (TPSA) is 27.3 Å². The Morgan fingerprint density at radius 1 is 0.824 bits per heavy atom. The second-order valence-corrected chi connectivity index (χ2v) is 15.3. The van der Waals surface area contributed by atoms with Gasteiger partial charge < -0.3 is 15.5 Å². The maximum Gasteiger partial charge on any atom is 0.0469 e. The van der Waals surface area contributed by atoms with Gasteiger partial charge in [0, 0.05) is 57.0 Å². The van der Waals surface area contributed by atoms with Crippen molar-refractivity contribution < 1.29 is 0 Å². The van der Waals surface area contributed by atoms with Crippen LogP contribution in [0.4, 0.5) is 28.4 Å². The monoisotopic (exact) mass is 693 g/mol. The minimum atomic E-state index is -0.195.